The summed E-state index contributed by atoms with van der Waals surface area (Å²) in [6, 6.07) is 14.2. The quantitative estimate of drug-likeness (QED) is 0.638. The lowest BCUT2D eigenvalue weighted by Gasteiger charge is -2.36. The van der Waals surface area contributed by atoms with Gasteiger partial charge in [-0.25, -0.2) is 0 Å². The van der Waals surface area contributed by atoms with Crippen LogP contribution < -0.4 is 14.4 Å². The maximum atomic E-state index is 5.93. The third-order valence-electron chi connectivity index (χ3n) is 4.97. The summed E-state index contributed by atoms with van der Waals surface area (Å²) < 4.78 is 11.8. The van der Waals surface area contributed by atoms with Crippen molar-refractivity contribution in [1.29, 1.82) is 0 Å². The van der Waals surface area contributed by atoms with Crippen LogP contribution in [0.3, 0.4) is 0 Å². The van der Waals surface area contributed by atoms with E-state index in [4.69, 9.17) is 21.7 Å². The molecule has 7 heteroatoms. The number of piperazine rings is 1. The van der Waals surface area contributed by atoms with E-state index < -0.39 is 0 Å². The number of methoxy groups -OCH3 is 1. The van der Waals surface area contributed by atoms with Gasteiger partial charge in [0.1, 0.15) is 18.1 Å². The molecule has 1 fully saturated rings. The van der Waals surface area contributed by atoms with Gasteiger partial charge in [-0.05, 0) is 48.6 Å². The minimum atomic E-state index is 0.636. The molecule has 0 amide bonds. The van der Waals surface area contributed by atoms with Crippen molar-refractivity contribution in [2.24, 2.45) is 0 Å². The van der Waals surface area contributed by atoms with Gasteiger partial charge in [0.25, 0.3) is 0 Å². The number of H-pyrrole nitrogens is 2. The largest absolute Gasteiger partial charge is 0.497 e. The molecule has 6 nitrogen and oxygen atoms in total. The predicted molar refractivity (Wildman–Crippen MR) is 111 cm³/mol. The van der Waals surface area contributed by atoms with Crippen LogP contribution in [0.15, 0.2) is 42.5 Å². The van der Waals surface area contributed by atoms with Crippen molar-refractivity contribution in [3.8, 4) is 11.5 Å². The van der Waals surface area contributed by atoms with Crippen LogP contribution in [0.5, 0.6) is 11.5 Å². The highest BCUT2D eigenvalue weighted by atomic mass is 32.1. The summed E-state index contributed by atoms with van der Waals surface area (Å²) in [7, 11) is 1.70. The summed E-state index contributed by atoms with van der Waals surface area (Å²) >= 11 is 5.12. The van der Waals surface area contributed by atoms with Gasteiger partial charge in [0.05, 0.1) is 18.1 Å². The molecule has 142 valence electrons. The van der Waals surface area contributed by atoms with E-state index in [0.717, 1.165) is 55.3 Å². The first-order valence-electron chi connectivity index (χ1n) is 9.17. The van der Waals surface area contributed by atoms with E-state index in [1.807, 2.05) is 30.3 Å². The number of benzene rings is 2. The highest BCUT2D eigenvalue weighted by Crippen LogP contribution is 2.21. The van der Waals surface area contributed by atoms with Crippen molar-refractivity contribution in [3.05, 3.63) is 47.2 Å². The standard InChI is InChI=1S/C20H24N4O2S/c1-25-16-4-2-15(3-5-16)24-10-8-23(9-11-24)12-13-26-17-6-7-18-19(14-17)22-20(27)21-18/h2-7,14H,8-13H2,1H3,(H2,21,22,27). The van der Waals surface area contributed by atoms with E-state index in [-0.39, 0.29) is 0 Å². The number of aromatic amines is 2. The highest BCUT2D eigenvalue weighted by Gasteiger charge is 2.17. The summed E-state index contributed by atoms with van der Waals surface area (Å²) in [5.41, 5.74) is 3.23. The molecule has 1 aliphatic heterocycles. The van der Waals surface area contributed by atoms with Gasteiger partial charge in [-0.15, -0.1) is 0 Å². The molecule has 2 aromatic carbocycles. The number of ether oxygens (including phenoxy) is 2. The maximum absolute atomic E-state index is 5.93. The molecule has 0 unspecified atom stereocenters. The Morgan fingerprint density at radius 3 is 2.37 bits per heavy atom. The molecular weight excluding hydrogens is 360 g/mol. The van der Waals surface area contributed by atoms with Gasteiger partial charge in [0.2, 0.25) is 0 Å². The zero-order valence-corrected chi connectivity index (χ0v) is 16.2. The van der Waals surface area contributed by atoms with Crippen molar-refractivity contribution >= 4 is 28.9 Å². The number of fused-ring (bicyclic) bond motifs is 1. The summed E-state index contributed by atoms with van der Waals surface area (Å²) in [4.78, 5) is 11.1. The molecule has 0 radical (unpaired) electrons. The molecule has 1 aliphatic rings. The lowest BCUT2D eigenvalue weighted by atomic mass is 10.2. The Balaban J connectivity index is 1.24. The number of imidazole rings is 1. The van der Waals surface area contributed by atoms with Crippen LogP contribution in [0.2, 0.25) is 0 Å². The molecule has 0 saturated carbocycles. The van der Waals surface area contributed by atoms with E-state index in [2.05, 4.69) is 31.9 Å². The molecule has 4 rings (SSSR count). The number of rotatable bonds is 6. The third kappa shape index (κ3) is 4.26. The molecule has 2 heterocycles. The Hall–Kier alpha value is -2.51. The summed E-state index contributed by atoms with van der Waals surface area (Å²) in [6.07, 6.45) is 0. The van der Waals surface area contributed by atoms with Crippen LogP contribution in [0.4, 0.5) is 5.69 Å². The van der Waals surface area contributed by atoms with Gasteiger partial charge < -0.3 is 24.3 Å². The fourth-order valence-corrected chi connectivity index (χ4v) is 3.64. The first kappa shape index (κ1) is 17.9. The molecule has 27 heavy (non-hydrogen) atoms. The lowest BCUT2D eigenvalue weighted by molar-refractivity contribution is 0.200. The predicted octanol–water partition coefficient (Wildman–Crippen LogP) is 3.44. The van der Waals surface area contributed by atoms with Crippen molar-refractivity contribution in [2.75, 3.05) is 51.3 Å². The second kappa shape index (κ2) is 8.02. The normalized spacial score (nSPS) is 15.2. The topological polar surface area (TPSA) is 56.5 Å². The molecule has 0 atom stereocenters. The van der Waals surface area contributed by atoms with Crippen LogP contribution >= 0.6 is 12.2 Å². The van der Waals surface area contributed by atoms with Gasteiger partial charge in [-0.1, -0.05) is 0 Å². The second-order valence-electron chi connectivity index (χ2n) is 6.66. The van der Waals surface area contributed by atoms with E-state index in [9.17, 15) is 0 Å². The molecule has 0 bridgehead atoms. The molecule has 0 spiro atoms. The van der Waals surface area contributed by atoms with Crippen molar-refractivity contribution in [2.45, 2.75) is 0 Å². The molecule has 0 aliphatic carbocycles. The van der Waals surface area contributed by atoms with Crippen LogP contribution in [0.1, 0.15) is 0 Å². The Morgan fingerprint density at radius 1 is 0.926 bits per heavy atom. The van der Waals surface area contributed by atoms with E-state index in [1.54, 1.807) is 7.11 Å². The number of hydrogen-bond acceptors (Lipinski definition) is 5. The van der Waals surface area contributed by atoms with Crippen molar-refractivity contribution in [3.63, 3.8) is 0 Å². The zero-order chi connectivity index (χ0) is 18.6. The van der Waals surface area contributed by atoms with Gasteiger partial charge in [0, 0.05) is 44.5 Å². The van der Waals surface area contributed by atoms with E-state index >= 15 is 0 Å². The monoisotopic (exact) mass is 384 g/mol. The fraction of sp³-hybridized carbons (Fsp3) is 0.350. The Morgan fingerprint density at radius 2 is 1.63 bits per heavy atom. The summed E-state index contributed by atoms with van der Waals surface area (Å²) in [5, 5.41) is 0. The van der Waals surface area contributed by atoms with Crippen LogP contribution in [0, 0.1) is 4.77 Å². The van der Waals surface area contributed by atoms with Gasteiger partial charge >= 0.3 is 0 Å². The van der Waals surface area contributed by atoms with E-state index in [1.165, 1.54) is 5.69 Å². The molecule has 1 saturated heterocycles. The van der Waals surface area contributed by atoms with Gasteiger partial charge in [-0.3, -0.25) is 4.90 Å². The van der Waals surface area contributed by atoms with Crippen molar-refractivity contribution < 1.29 is 9.47 Å². The number of aromatic nitrogens is 2. The fourth-order valence-electron chi connectivity index (χ4n) is 3.42. The van der Waals surface area contributed by atoms with Crippen LogP contribution in [0.25, 0.3) is 11.0 Å². The first-order chi connectivity index (χ1) is 13.2. The smallest absolute Gasteiger partial charge is 0.175 e. The SMILES string of the molecule is COc1ccc(N2CCN(CCOc3ccc4[nH]c(=S)[nH]c4c3)CC2)cc1. The Kier molecular flexibility index (Phi) is 5.31. The lowest BCUT2D eigenvalue weighted by Crippen LogP contribution is -2.47. The number of nitrogens with zero attached hydrogens (tertiary/aromatic N) is 2. The minimum absolute atomic E-state index is 0.636. The molecule has 2 N–H and O–H groups in total. The van der Waals surface area contributed by atoms with Crippen molar-refractivity contribution in [1.82, 2.24) is 14.9 Å². The number of anilines is 1. The molecular formula is C20H24N4O2S. The number of nitrogens with one attached hydrogen (secondary N) is 2. The second-order valence-corrected chi connectivity index (χ2v) is 7.07. The average Bonchev–Trinajstić information content (AvgIpc) is 3.08. The number of hydrogen-bond donors (Lipinski definition) is 2. The Labute approximate surface area is 163 Å². The maximum Gasteiger partial charge on any atom is 0.175 e. The molecule has 3 aromatic rings. The average molecular weight is 385 g/mol. The molecule has 1 aromatic heterocycles. The third-order valence-corrected chi connectivity index (χ3v) is 5.18. The Bertz CT molecular complexity index is 943. The minimum Gasteiger partial charge on any atom is -0.497 e. The van der Waals surface area contributed by atoms with E-state index in [0.29, 0.717) is 11.4 Å². The summed E-state index contributed by atoms with van der Waals surface area (Å²) in [6.45, 7) is 5.74. The first-order valence-corrected chi connectivity index (χ1v) is 9.58. The van der Waals surface area contributed by atoms with Crippen LogP contribution in [-0.4, -0.2) is 61.3 Å². The summed E-state index contributed by atoms with van der Waals surface area (Å²) in [5.74, 6) is 1.76. The van der Waals surface area contributed by atoms with Crippen LogP contribution in [-0.2, 0) is 0 Å². The zero-order valence-electron chi connectivity index (χ0n) is 15.4. The van der Waals surface area contributed by atoms with Gasteiger partial charge in [0.15, 0.2) is 4.77 Å². The highest BCUT2D eigenvalue weighted by molar-refractivity contribution is 7.71. The van der Waals surface area contributed by atoms with Gasteiger partial charge in [-0.2, -0.15) is 0 Å².